The van der Waals surface area contributed by atoms with Crippen LogP contribution >= 0.6 is 0 Å². The molecule has 4 heterocycles. The fourth-order valence-electron chi connectivity index (χ4n) is 3.09. The molecule has 2 aliphatic heterocycles. The van der Waals surface area contributed by atoms with Gasteiger partial charge in [-0.15, -0.1) is 0 Å². The fourth-order valence-corrected chi connectivity index (χ4v) is 3.09. The van der Waals surface area contributed by atoms with Crippen LogP contribution in [0.4, 0.5) is 0 Å². The number of hydrogen-bond donors (Lipinski definition) is 2. The smallest absolute Gasteiger partial charge is 0.354 e. The number of nitrogens with zero attached hydrogens (tertiary/aromatic N) is 4. The predicted octanol–water partition coefficient (Wildman–Crippen LogP) is 3.16. The number of pyridine rings is 2. The first-order valence-corrected chi connectivity index (χ1v) is 11.0. The summed E-state index contributed by atoms with van der Waals surface area (Å²) in [5, 5.41) is 16.9. The molecule has 0 bridgehead atoms. The normalized spacial score (nSPS) is 18.5. The number of aliphatic imine (C=N–C) groups is 2. The Hall–Kier alpha value is -3.20. The summed E-state index contributed by atoms with van der Waals surface area (Å²) < 4.78 is 11.4. The Kier molecular flexibility index (Phi) is 10.0. The summed E-state index contributed by atoms with van der Waals surface area (Å²) >= 11 is 0. The molecule has 2 aliphatic rings. The number of ether oxygens (including phenoxy) is 2. The van der Waals surface area contributed by atoms with E-state index in [4.69, 9.17) is 19.7 Å². The van der Waals surface area contributed by atoms with Gasteiger partial charge in [0, 0.05) is 19.5 Å². The van der Waals surface area contributed by atoms with Gasteiger partial charge in [0.15, 0.2) is 0 Å². The maximum absolute atomic E-state index is 10.3. The van der Waals surface area contributed by atoms with Crippen LogP contribution < -0.4 is 0 Å². The van der Waals surface area contributed by atoms with Gasteiger partial charge in [-0.2, -0.15) is 0 Å². The SMILES string of the molecule is CC(C)[C@H]1COC(c2cccc(C3=N[C@@H](C(C)C)CO3)n2)=N1.O=C(O)c1cccc(C(=O)O)n1.[Ru]. The zero-order valence-corrected chi connectivity index (χ0v) is 21.6. The van der Waals surface area contributed by atoms with Crippen molar-refractivity contribution in [2.24, 2.45) is 21.8 Å². The van der Waals surface area contributed by atoms with Gasteiger partial charge in [0.2, 0.25) is 11.8 Å². The van der Waals surface area contributed by atoms with Gasteiger partial charge in [0.1, 0.15) is 36.0 Å². The second kappa shape index (κ2) is 12.5. The summed E-state index contributed by atoms with van der Waals surface area (Å²) in [5.41, 5.74) is 0.963. The molecular formula is C24H28N4O6Ru. The molecule has 0 aromatic carbocycles. The van der Waals surface area contributed by atoms with Gasteiger partial charge in [-0.1, -0.05) is 39.8 Å². The molecule has 4 rings (SSSR count). The van der Waals surface area contributed by atoms with Crippen molar-refractivity contribution in [3.63, 3.8) is 0 Å². The van der Waals surface area contributed by atoms with Gasteiger partial charge >= 0.3 is 11.9 Å². The minimum absolute atomic E-state index is 0. The van der Waals surface area contributed by atoms with E-state index in [0.29, 0.717) is 36.8 Å². The fraction of sp³-hybridized carbons (Fsp3) is 0.417. The second-order valence-electron chi connectivity index (χ2n) is 8.54. The van der Waals surface area contributed by atoms with Gasteiger partial charge in [0.25, 0.3) is 0 Å². The molecule has 0 radical (unpaired) electrons. The van der Waals surface area contributed by atoms with E-state index < -0.39 is 11.9 Å². The first kappa shape index (κ1) is 28.0. The third kappa shape index (κ3) is 7.39. The number of carbonyl (C=O) groups is 2. The Bertz CT molecular complexity index is 1040. The van der Waals surface area contributed by atoms with Crippen LogP contribution in [0.3, 0.4) is 0 Å². The average molecular weight is 570 g/mol. The van der Waals surface area contributed by atoms with Crippen molar-refractivity contribution in [3.05, 3.63) is 59.2 Å². The van der Waals surface area contributed by atoms with E-state index in [2.05, 4.69) is 47.6 Å². The molecule has 0 saturated heterocycles. The van der Waals surface area contributed by atoms with Crippen molar-refractivity contribution >= 4 is 23.7 Å². The third-order valence-corrected chi connectivity index (χ3v) is 5.26. The van der Waals surface area contributed by atoms with Gasteiger partial charge in [0.05, 0.1) is 12.1 Å². The first-order chi connectivity index (χ1) is 16.2. The van der Waals surface area contributed by atoms with Crippen molar-refractivity contribution in [3.8, 4) is 0 Å². The zero-order chi connectivity index (χ0) is 24.8. The van der Waals surface area contributed by atoms with Gasteiger partial charge < -0.3 is 19.7 Å². The maximum atomic E-state index is 10.3. The second-order valence-corrected chi connectivity index (χ2v) is 8.54. The molecule has 11 heteroatoms. The molecule has 0 aliphatic carbocycles. The molecule has 35 heavy (non-hydrogen) atoms. The van der Waals surface area contributed by atoms with Crippen LogP contribution in [-0.2, 0) is 29.0 Å². The molecule has 0 amide bonds. The van der Waals surface area contributed by atoms with Crippen LogP contribution in [0.2, 0.25) is 0 Å². The number of aromatic carboxylic acids is 2. The number of rotatable bonds is 6. The summed E-state index contributed by atoms with van der Waals surface area (Å²) in [7, 11) is 0. The Balaban J connectivity index is 0.000000284. The minimum Gasteiger partial charge on any atom is -0.477 e. The molecule has 2 atom stereocenters. The Labute approximate surface area is 216 Å². The van der Waals surface area contributed by atoms with Crippen molar-refractivity contribution in [2.75, 3.05) is 13.2 Å². The largest absolute Gasteiger partial charge is 0.477 e. The van der Waals surface area contributed by atoms with E-state index in [1.807, 2.05) is 18.2 Å². The van der Waals surface area contributed by atoms with Crippen molar-refractivity contribution < 1.29 is 48.8 Å². The van der Waals surface area contributed by atoms with Crippen LogP contribution in [0.25, 0.3) is 0 Å². The molecular weight excluding hydrogens is 541 g/mol. The summed E-state index contributed by atoms with van der Waals surface area (Å²) in [4.78, 5) is 37.9. The van der Waals surface area contributed by atoms with E-state index in [-0.39, 0.29) is 42.9 Å². The molecule has 0 spiro atoms. The minimum atomic E-state index is -1.24. The van der Waals surface area contributed by atoms with Crippen molar-refractivity contribution in [1.29, 1.82) is 0 Å². The molecule has 0 saturated carbocycles. The quantitative estimate of drug-likeness (QED) is 0.505. The predicted molar refractivity (Wildman–Crippen MR) is 125 cm³/mol. The number of carboxylic acid groups (broad SMARTS) is 2. The van der Waals surface area contributed by atoms with E-state index in [1.54, 1.807) is 0 Å². The van der Waals surface area contributed by atoms with Crippen LogP contribution in [0.1, 0.15) is 60.1 Å². The molecule has 188 valence electrons. The summed E-state index contributed by atoms with van der Waals surface area (Å²) in [6.45, 7) is 9.86. The van der Waals surface area contributed by atoms with Gasteiger partial charge in [-0.25, -0.2) is 29.5 Å². The Morgan fingerprint density at radius 1 is 0.771 bits per heavy atom. The number of carboxylic acids is 2. The van der Waals surface area contributed by atoms with E-state index in [1.165, 1.54) is 18.2 Å². The van der Waals surface area contributed by atoms with E-state index >= 15 is 0 Å². The van der Waals surface area contributed by atoms with Crippen LogP contribution in [0, 0.1) is 11.8 Å². The molecule has 0 fully saturated rings. The molecule has 2 aromatic heterocycles. The van der Waals surface area contributed by atoms with Gasteiger partial charge in [-0.3, -0.25) is 0 Å². The molecule has 2 aromatic rings. The van der Waals surface area contributed by atoms with Crippen molar-refractivity contribution in [1.82, 2.24) is 9.97 Å². The van der Waals surface area contributed by atoms with Crippen LogP contribution in [-0.4, -0.2) is 69.2 Å². The monoisotopic (exact) mass is 570 g/mol. The maximum Gasteiger partial charge on any atom is 0.354 e. The molecule has 10 nitrogen and oxygen atoms in total. The van der Waals surface area contributed by atoms with Crippen molar-refractivity contribution in [2.45, 2.75) is 39.8 Å². The van der Waals surface area contributed by atoms with E-state index in [9.17, 15) is 9.59 Å². The Morgan fingerprint density at radius 3 is 1.51 bits per heavy atom. The van der Waals surface area contributed by atoms with E-state index in [0.717, 1.165) is 11.4 Å². The zero-order valence-electron chi connectivity index (χ0n) is 19.9. The van der Waals surface area contributed by atoms with Crippen LogP contribution in [0.5, 0.6) is 0 Å². The average Bonchev–Trinajstić information content (AvgIpc) is 3.50. The summed E-state index contributed by atoms with van der Waals surface area (Å²) in [5.74, 6) is -0.291. The molecule has 0 unspecified atom stereocenters. The number of aromatic nitrogens is 2. The molecule has 2 N–H and O–H groups in total. The Morgan fingerprint density at radius 2 is 1.17 bits per heavy atom. The van der Waals surface area contributed by atoms with Crippen LogP contribution in [0.15, 0.2) is 46.4 Å². The number of hydrogen-bond acceptors (Lipinski definition) is 8. The summed E-state index contributed by atoms with van der Waals surface area (Å²) in [6, 6.07) is 10.0. The van der Waals surface area contributed by atoms with Gasteiger partial charge in [-0.05, 0) is 36.1 Å². The first-order valence-electron chi connectivity index (χ1n) is 11.0. The summed E-state index contributed by atoms with van der Waals surface area (Å²) in [6.07, 6.45) is 0. The topological polar surface area (TPSA) is 144 Å². The third-order valence-electron chi connectivity index (χ3n) is 5.26. The standard InChI is InChI=1S/C17H23N3O2.C7H5NO4.Ru/c1-10(2)14-8-21-16(19-14)12-6-5-7-13(18-12)17-20-15(9-22-17)11(3)4;9-6(10)4-2-1-3-5(8-4)7(11)12;/h5-7,10-11,14-15H,8-9H2,1-4H3;1-3H,(H,9,10)(H,11,12);/t14-,15-;;/m1../s1.